The molecule has 5 heteroatoms. The Balaban J connectivity index is 2.73. The van der Waals surface area contributed by atoms with Gasteiger partial charge in [0.05, 0.1) is 5.69 Å². The van der Waals surface area contributed by atoms with Crippen molar-refractivity contribution in [2.75, 3.05) is 11.2 Å². The lowest BCUT2D eigenvalue weighted by molar-refractivity contribution is -0.118. The Hall–Kier alpha value is -0.610. The van der Waals surface area contributed by atoms with Gasteiger partial charge < -0.3 is 5.32 Å². The zero-order valence-electron chi connectivity index (χ0n) is 8.55. The van der Waals surface area contributed by atoms with Gasteiger partial charge in [-0.1, -0.05) is 6.92 Å². The zero-order valence-corrected chi connectivity index (χ0v) is 10.9. The largest absolute Gasteiger partial charge is 0.310 e. The average Bonchev–Trinajstić information content (AvgIpc) is 2.22. The fourth-order valence-corrected chi connectivity index (χ4v) is 1.29. The highest BCUT2D eigenvalue weighted by Crippen LogP contribution is 2.16. The highest BCUT2D eigenvalue weighted by Gasteiger charge is 2.12. The van der Waals surface area contributed by atoms with Crippen LogP contribution in [0, 0.1) is 12.8 Å². The molecule has 0 bridgehead atoms. The molecule has 0 fully saturated rings. The zero-order chi connectivity index (χ0) is 11.4. The lowest BCUT2D eigenvalue weighted by Crippen LogP contribution is -2.22. The Kier molecular flexibility index (Phi) is 4.54. The minimum Gasteiger partial charge on any atom is -0.310 e. The monoisotopic (exact) mass is 290 g/mol. The molecule has 1 aromatic heterocycles. The van der Waals surface area contributed by atoms with Crippen LogP contribution in [0.1, 0.15) is 12.6 Å². The number of halogens is 2. The van der Waals surface area contributed by atoms with Crippen molar-refractivity contribution in [2.24, 2.45) is 5.92 Å². The summed E-state index contributed by atoms with van der Waals surface area (Å²) in [5, 5.41) is 2.71. The van der Waals surface area contributed by atoms with Gasteiger partial charge >= 0.3 is 0 Å². The van der Waals surface area contributed by atoms with E-state index in [0.717, 1.165) is 10.2 Å². The summed E-state index contributed by atoms with van der Waals surface area (Å²) in [7, 11) is 0. The van der Waals surface area contributed by atoms with Crippen LogP contribution in [-0.2, 0) is 4.79 Å². The molecular formula is C10H12BrClN2O. The maximum atomic E-state index is 11.5. The molecule has 82 valence electrons. The summed E-state index contributed by atoms with van der Waals surface area (Å²) in [6, 6.07) is 3.60. The lowest BCUT2D eigenvalue weighted by Gasteiger charge is -2.09. The molecule has 1 N–H and O–H groups in total. The van der Waals surface area contributed by atoms with E-state index in [9.17, 15) is 4.79 Å². The van der Waals surface area contributed by atoms with Crippen LogP contribution in [0.5, 0.6) is 0 Å². The van der Waals surface area contributed by atoms with E-state index in [4.69, 9.17) is 11.6 Å². The summed E-state index contributed by atoms with van der Waals surface area (Å²) in [5.74, 6) is 0.538. The number of aryl methyl sites for hydroxylation is 1. The highest BCUT2D eigenvalue weighted by atomic mass is 79.9. The molecule has 1 rings (SSSR count). The van der Waals surface area contributed by atoms with E-state index in [1.807, 2.05) is 13.0 Å². The van der Waals surface area contributed by atoms with Crippen molar-refractivity contribution in [3.05, 3.63) is 22.3 Å². The first kappa shape index (κ1) is 12.5. The molecule has 1 heterocycles. The van der Waals surface area contributed by atoms with Crippen LogP contribution in [0.25, 0.3) is 0 Å². The van der Waals surface area contributed by atoms with Crippen LogP contribution in [-0.4, -0.2) is 16.8 Å². The predicted octanol–water partition coefficient (Wildman–Crippen LogP) is 2.97. The smallest absolute Gasteiger partial charge is 0.229 e. The Bertz CT molecular complexity index is 370. The van der Waals surface area contributed by atoms with E-state index in [1.165, 1.54) is 0 Å². The van der Waals surface area contributed by atoms with Gasteiger partial charge in [0.15, 0.2) is 0 Å². The molecular weight excluding hydrogens is 279 g/mol. The molecule has 0 aliphatic carbocycles. The number of nitrogens with zero attached hydrogens (tertiary/aromatic N) is 1. The second kappa shape index (κ2) is 5.47. The van der Waals surface area contributed by atoms with Gasteiger partial charge in [-0.3, -0.25) is 4.79 Å². The maximum absolute atomic E-state index is 11.5. The number of amides is 1. The quantitative estimate of drug-likeness (QED) is 0.870. The lowest BCUT2D eigenvalue weighted by atomic mass is 10.2. The molecule has 0 spiro atoms. The fraction of sp³-hybridized carbons (Fsp3) is 0.400. The van der Waals surface area contributed by atoms with Crippen LogP contribution < -0.4 is 5.32 Å². The van der Waals surface area contributed by atoms with Crippen LogP contribution in [0.15, 0.2) is 16.6 Å². The number of nitrogens with one attached hydrogen (secondary N) is 1. The molecule has 0 radical (unpaired) electrons. The first-order chi connectivity index (χ1) is 7.04. The van der Waals surface area contributed by atoms with E-state index < -0.39 is 0 Å². The Labute approximate surface area is 102 Å². The van der Waals surface area contributed by atoms with Crippen molar-refractivity contribution >= 4 is 39.3 Å². The topological polar surface area (TPSA) is 42.0 Å². The molecule has 0 saturated carbocycles. The molecule has 0 aliphatic heterocycles. The van der Waals surface area contributed by atoms with Gasteiger partial charge in [0.25, 0.3) is 0 Å². The van der Waals surface area contributed by atoms with Crippen LogP contribution in [0.2, 0.25) is 0 Å². The van der Waals surface area contributed by atoms with Gasteiger partial charge in [0.2, 0.25) is 5.91 Å². The van der Waals surface area contributed by atoms with Crippen molar-refractivity contribution < 1.29 is 4.79 Å². The number of alkyl halides is 1. The third kappa shape index (κ3) is 3.47. The molecule has 1 amide bonds. The minimum absolute atomic E-state index is 0.112. The van der Waals surface area contributed by atoms with Gasteiger partial charge in [-0.2, -0.15) is 0 Å². The molecule has 0 saturated heterocycles. The summed E-state index contributed by atoms with van der Waals surface area (Å²) in [6.45, 7) is 3.64. The number of pyridine rings is 1. The van der Waals surface area contributed by atoms with Gasteiger partial charge in [-0.15, -0.1) is 11.6 Å². The second-order valence-electron chi connectivity index (χ2n) is 3.31. The van der Waals surface area contributed by atoms with E-state index in [0.29, 0.717) is 11.7 Å². The summed E-state index contributed by atoms with van der Waals surface area (Å²) in [5.41, 5.74) is 0.839. The van der Waals surface area contributed by atoms with E-state index in [1.54, 1.807) is 13.0 Å². The van der Waals surface area contributed by atoms with Crippen LogP contribution in [0.4, 0.5) is 5.82 Å². The first-order valence-electron chi connectivity index (χ1n) is 4.54. The van der Waals surface area contributed by atoms with E-state index in [-0.39, 0.29) is 11.8 Å². The Morgan fingerprint density at radius 1 is 1.67 bits per heavy atom. The van der Waals surface area contributed by atoms with Gasteiger partial charge in [-0.25, -0.2) is 4.98 Å². The molecule has 0 aromatic carbocycles. The fourth-order valence-electron chi connectivity index (χ4n) is 0.933. The Morgan fingerprint density at radius 3 is 2.87 bits per heavy atom. The number of aromatic nitrogens is 1. The standard InChI is InChI=1S/C10H12BrClN2O/c1-6(5-12)10(15)14-9-4-3-8(11)7(2)13-9/h3-4,6H,5H2,1-2H3,(H,13,14,15). The summed E-state index contributed by atoms with van der Waals surface area (Å²) in [6.07, 6.45) is 0. The van der Waals surface area contributed by atoms with Crippen molar-refractivity contribution in [1.29, 1.82) is 0 Å². The molecule has 1 aromatic rings. The van der Waals surface area contributed by atoms with Gasteiger partial charge in [0.1, 0.15) is 5.82 Å². The highest BCUT2D eigenvalue weighted by molar-refractivity contribution is 9.10. The van der Waals surface area contributed by atoms with E-state index in [2.05, 4.69) is 26.2 Å². The summed E-state index contributed by atoms with van der Waals surface area (Å²) >= 11 is 8.92. The third-order valence-electron chi connectivity index (χ3n) is 1.95. The van der Waals surface area contributed by atoms with E-state index >= 15 is 0 Å². The third-order valence-corrected chi connectivity index (χ3v) is 3.25. The minimum atomic E-state index is -0.211. The van der Waals surface area contributed by atoms with Crippen LogP contribution >= 0.6 is 27.5 Å². The van der Waals surface area contributed by atoms with Crippen molar-refractivity contribution in [1.82, 2.24) is 4.98 Å². The molecule has 0 aliphatic rings. The van der Waals surface area contributed by atoms with Gasteiger partial charge in [0, 0.05) is 16.3 Å². The van der Waals surface area contributed by atoms with Crippen molar-refractivity contribution in [3.63, 3.8) is 0 Å². The first-order valence-corrected chi connectivity index (χ1v) is 5.87. The normalized spacial score (nSPS) is 12.3. The number of carbonyl (C=O) groups excluding carboxylic acids is 1. The number of hydrogen-bond donors (Lipinski definition) is 1. The summed E-state index contributed by atoms with van der Waals surface area (Å²) in [4.78, 5) is 15.7. The molecule has 1 unspecified atom stereocenters. The van der Waals surface area contributed by atoms with Crippen molar-refractivity contribution in [3.8, 4) is 0 Å². The predicted molar refractivity (Wildman–Crippen MR) is 65.2 cm³/mol. The molecule has 3 nitrogen and oxygen atoms in total. The molecule has 15 heavy (non-hydrogen) atoms. The SMILES string of the molecule is Cc1nc(NC(=O)C(C)CCl)ccc1Br. The number of carbonyl (C=O) groups is 1. The summed E-state index contributed by atoms with van der Waals surface area (Å²) < 4.78 is 0.922. The van der Waals surface area contributed by atoms with Crippen molar-refractivity contribution in [2.45, 2.75) is 13.8 Å². The number of hydrogen-bond acceptors (Lipinski definition) is 2. The van der Waals surface area contributed by atoms with Gasteiger partial charge in [-0.05, 0) is 35.0 Å². The maximum Gasteiger partial charge on any atom is 0.229 e. The average molecular weight is 292 g/mol. The number of anilines is 1. The number of rotatable bonds is 3. The molecule has 1 atom stereocenters. The van der Waals surface area contributed by atoms with Crippen LogP contribution in [0.3, 0.4) is 0 Å². The second-order valence-corrected chi connectivity index (χ2v) is 4.47. The Morgan fingerprint density at radius 2 is 2.33 bits per heavy atom.